The largest absolute Gasteiger partial charge is 0.493 e. The number of carbonyl (C=O) groups is 2. The summed E-state index contributed by atoms with van der Waals surface area (Å²) >= 11 is 0. The van der Waals surface area contributed by atoms with Gasteiger partial charge in [0.05, 0.1) is 6.61 Å². The molecule has 0 radical (unpaired) electrons. The minimum Gasteiger partial charge on any atom is -0.493 e. The van der Waals surface area contributed by atoms with Gasteiger partial charge < -0.3 is 15.4 Å². The van der Waals surface area contributed by atoms with E-state index in [0.717, 1.165) is 29.0 Å². The molecule has 0 aromatic heterocycles. The first-order chi connectivity index (χ1) is 15.7. The standard InChI is InChI=1S/C28H32N2O3/c1-20-14-15-21(2)25(18-20)33-17-9-16-28(3,4)27(32)30-24-13-8-10-22(19-24)26(31)29-23-11-6-5-7-12-23/h5-8,10-15,18-19H,9,16-17H2,1-4H3,(H,29,31)(H,30,32). The van der Waals surface area contributed by atoms with Gasteiger partial charge in [0.2, 0.25) is 5.91 Å². The first-order valence-electron chi connectivity index (χ1n) is 11.2. The van der Waals surface area contributed by atoms with Gasteiger partial charge >= 0.3 is 0 Å². The van der Waals surface area contributed by atoms with Crippen molar-refractivity contribution in [2.45, 2.75) is 40.5 Å². The molecule has 3 aromatic rings. The Morgan fingerprint density at radius 3 is 2.33 bits per heavy atom. The van der Waals surface area contributed by atoms with Crippen molar-refractivity contribution in [2.24, 2.45) is 5.41 Å². The highest BCUT2D eigenvalue weighted by Gasteiger charge is 2.27. The minimum atomic E-state index is -0.576. The molecule has 2 amide bonds. The van der Waals surface area contributed by atoms with Gasteiger partial charge in [-0.1, -0.05) is 50.2 Å². The van der Waals surface area contributed by atoms with Gasteiger partial charge in [-0.2, -0.15) is 0 Å². The smallest absolute Gasteiger partial charge is 0.255 e. The normalized spacial score (nSPS) is 11.0. The molecular formula is C28H32N2O3. The van der Waals surface area contributed by atoms with Crippen molar-refractivity contribution in [1.82, 2.24) is 0 Å². The van der Waals surface area contributed by atoms with Crippen LogP contribution >= 0.6 is 0 Å². The second-order valence-electron chi connectivity index (χ2n) is 8.96. The van der Waals surface area contributed by atoms with E-state index in [1.165, 1.54) is 0 Å². The third-order valence-electron chi connectivity index (χ3n) is 5.58. The fourth-order valence-corrected chi connectivity index (χ4v) is 3.44. The van der Waals surface area contributed by atoms with Crippen molar-refractivity contribution >= 4 is 23.2 Å². The number of para-hydroxylation sites is 1. The van der Waals surface area contributed by atoms with Crippen LogP contribution in [0.2, 0.25) is 0 Å². The Morgan fingerprint density at radius 1 is 0.848 bits per heavy atom. The Kier molecular flexibility index (Phi) is 7.88. The third kappa shape index (κ3) is 6.94. The Labute approximate surface area is 196 Å². The van der Waals surface area contributed by atoms with Crippen LogP contribution in [0.25, 0.3) is 0 Å². The average molecular weight is 445 g/mol. The number of amides is 2. The zero-order valence-electron chi connectivity index (χ0n) is 19.8. The molecule has 0 aliphatic rings. The third-order valence-corrected chi connectivity index (χ3v) is 5.58. The van der Waals surface area contributed by atoms with E-state index in [2.05, 4.69) is 22.8 Å². The minimum absolute atomic E-state index is 0.0881. The van der Waals surface area contributed by atoms with Crippen molar-refractivity contribution in [3.8, 4) is 5.75 Å². The molecule has 2 N–H and O–H groups in total. The van der Waals surface area contributed by atoms with Gasteiger partial charge in [-0.3, -0.25) is 9.59 Å². The molecule has 3 aromatic carbocycles. The summed E-state index contributed by atoms with van der Waals surface area (Å²) in [6.07, 6.45) is 1.44. The number of benzene rings is 3. The van der Waals surface area contributed by atoms with Gasteiger partial charge in [0.25, 0.3) is 5.91 Å². The summed E-state index contributed by atoms with van der Waals surface area (Å²) in [5.41, 5.74) is 3.49. The highest BCUT2D eigenvalue weighted by atomic mass is 16.5. The second-order valence-corrected chi connectivity index (χ2v) is 8.96. The van der Waals surface area contributed by atoms with Crippen LogP contribution in [0.1, 0.15) is 48.2 Å². The molecule has 0 spiro atoms. The number of carbonyl (C=O) groups excluding carboxylic acids is 2. The topological polar surface area (TPSA) is 67.4 Å². The van der Waals surface area contributed by atoms with E-state index >= 15 is 0 Å². The maximum Gasteiger partial charge on any atom is 0.255 e. The number of aryl methyl sites for hydroxylation is 2. The Balaban J connectivity index is 1.53. The quantitative estimate of drug-likeness (QED) is 0.376. The summed E-state index contributed by atoms with van der Waals surface area (Å²) in [6, 6.07) is 22.4. The van der Waals surface area contributed by atoms with E-state index in [-0.39, 0.29) is 11.8 Å². The van der Waals surface area contributed by atoms with Crippen LogP contribution in [0, 0.1) is 19.3 Å². The summed E-state index contributed by atoms with van der Waals surface area (Å²) in [6.45, 7) is 8.47. The van der Waals surface area contributed by atoms with Gasteiger partial charge in [-0.05, 0) is 74.2 Å². The van der Waals surface area contributed by atoms with Gasteiger partial charge in [-0.25, -0.2) is 0 Å². The lowest BCUT2D eigenvalue weighted by Crippen LogP contribution is -2.31. The first-order valence-corrected chi connectivity index (χ1v) is 11.2. The van der Waals surface area contributed by atoms with Crippen molar-refractivity contribution in [3.63, 3.8) is 0 Å². The first kappa shape index (κ1) is 24.1. The van der Waals surface area contributed by atoms with E-state index < -0.39 is 5.41 Å². The molecule has 0 aliphatic heterocycles. The van der Waals surface area contributed by atoms with Gasteiger partial charge in [0, 0.05) is 22.4 Å². The van der Waals surface area contributed by atoms with Crippen molar-refractivity contribution in [1.29, 1.82) is 0 Å². The van der Waals surface area contributed by atoms with E-state index in [1.54, 1.807) is 24.3 Å². The number of hydrogen-bond donors (Lipinski definition) is 2. The summed E-state index contributed by atoms with van der Waals surface area (Å²) in [7, 11) is 0. The van der Waals surface area contributed by atoms with Crippen LogP contribution in [-0.4, -0.2) is 18.4 Å². The lowest BCUT2D eigenvalue weighted by atomic mass is 9.87. The summed E-state index contributed by atoms with van der Waals surface area (Å²) in [5, 5.41) is 5.82. The lowest BCUT2D eigenvalue weighted by molar-refractivity contribution is -0.124. The van der Waals surface area contributed by atoms with Gasteiger partial charge in [0.1, 0.15) is 5.75 Å². The molecule has 0 saturated heterocycles. The van der Waals surface area contributed by atoms with Crippen LogP contribution < -0.4 is 15.4 Å². The average Bonchev–Trinajstić information content (AvgIpc) is 2.79. The fourth-order valence-electron chi connectivity index (χ4n) is 3.44. The fraction of sp³-hybridized carbons (Fsp3) is 0.286. The number of nitrogens with one attached hydrogen (secondary N) is 2. The van der Waals surface area contributed by atoms with E-state index in [0.29, 0.717) is 24.3 Å². The molecule has 5 nitrogen and oxygen atoms in total. The molecule has 33 heavy (non-hydrogen) atoms. The summed E-state index contributed by atoms with van der Waals surface area (Å²) in [4.78, 5) is 25.5. The predicted molar refractivity (Wildman–Crippen MR) is 134 cm³/mol. The van der Waals surface area contributed by atoms with E-state index in [4.69, 9.17) is 4.74 Å². The Bertz CT molecular complexity index is 1110. The zero-order chi connectivity index (χ0) is 23.8. The van der Waals surface area contributed by atoms with E-state index in [1.807, 2.05) is 64.1 Å². The van der Waals surface area contributed by atoms with Gasteiger partial charge in [0.15, 0.2) is 0 Å². The maximum absolute atomic E-state index is 12.9. The van der Waals surface area contributed by atoms with Crippen molar-refractivity contribution in [3.05, 3.63) is 89.5 Å². The van der Waals surface area contributed by atoms with Crippen molar-refractivity contribution in [2.75, 3.05) is 17.2 Å². The molecule has 0 bridgehead atoms. The Morgan fingerprint density at radius 2 is 1.58 bits per heavy atom. The monoisotopic (exact) mass is 444 g/mol. The summed E-state index contributed by atoms with van der Waals surface area (Å²) < 4.78 is 5.93. The zero-order valence-corrected chi connectivity index (χ0v) is 19.8. The highest BCUT2D eigenvalue weighted by molar-refractivity contribution is 6.05. The molecule has 5 heteroatoms. The molecular weight excluding hydrogens is 412 g/mol. The molecule has 0 unspecified atom stereocenters. The molecule has 0 saturated carbocycles. The molecule has 0 aliphatic carbocycles. The molecule has 3 rings (SSSR count). The maximum atomic E-state index is 12.9. The van der Waals surface area contributed by atoms with Crippen LogP contribution in [0.4, 0.5) is 11.4 Å². The highest BCUT2D eigenvalue weighted by Crippen LogP contribution is 2.26. The molecule has 0 atom stereocenters. The van der Waals surface area contributed by atoms with Gasteiger partial charge in [-0.15, -0.1) is 0 Å². The number of anilines is 2. The van der Waals surface area contributed by atoms with Crippen molar-refractivity contribution < 1.29 is 14.3 Å². The second kappa shape index (κ2) is 10.8. The van der Waals surface area contributed by atoms with Crippen LogP contribution in [0.3, 0.4) is 0 Å². The summed E-state index contributed by atoms with van der Waals surface area (Å²) in [5.74, 6) is 0.581. The molecule has 172 valence electrons. The number of rotatable bonds is 9. The van der Waals surface area contributed by atoms with Crippen LogP contribution in [-0.2, 0) is 4.79 Å². The molecule has 0 fully saturated rings. The van der Waals surface area contributed by atoms with Crippen LogP contribution in [0.15, 0.2) is 72.8 Å². The lowest BCUT2D eigenvalue weighted by Gasteiger charge is -2.24. The number of hydrogen-bond acceptors (Lipinski definition) is 3. The predicted octanol–water partition coefficient (Wildman–Crippen LogP) is 6.38. The number of ether oxygens (including phenoxy) is 1. The molecule has 0 heterocycles. The van der Waals surface area contributed by atoms with Crippen LogP contribution in [0.5, 0.6) is 5.75 Å². The van der Waals surface area contributed by atoms with E-state index in [9.17, 15) is 9.59 Å². The SMILES string of the molecule is Cc1ccc(C)c(OCCCC(C)(C)C(=O)Nc2cccc(C(=O)Nc3ccccc3)c2)c1. The Hall–Kier alpha value is -3.60.